The van der Waals surface area contributed by atoms with Crippen LogP contribution in [0.1, 0.15) is 0 Å². The van der Waals surface area contributed by atoms with Gasteiger partial charge in [0.25, 0.3) is 5.56 Å². The second-order valence-corrected chi connectivity index (χ2v) is 4.37. The number of hydrogen-bond donors (Lipinski definition) is 1. The normalized spacial score (nSPS) is 10.6. The first-order chi connectivity index (χ1) is 8.22. The molecule has 0 aliphatic heterocycles. The van der Waals surface area contributed by atoms with Gasteiger partial charge < -0.3 is 15.0 Å². The molecular weight excluding hydrogens is 238 g/mol. The minimum absolute atomic E-state index is 0.0742. The molecule has 0 aromatic carbocycles. The number of nitrogens with zero attached hydrogens (tertiary/aromatic N) is 2. The van der Waals surface area contributed by atoms with E-state index in [0.29, 0.717) is 29.5 Å². The number of nitrogen functional groups attached to an aromatic ring is 1. The van der Waals surface area contributed by atoms with Crippen LogP contribution in [0.3, 0.4) is 0 Å². The zero-order valence-corrected chi connectivity index (χ0v) is 10.2. The largest absolute Gasteiger partial charge is 0.383 e. The van der Waals surface area contributed by atoms with E-state index < -0.39 is 0 Å². The Balaban J connectivity index is 2.39. The number of thiazole rings is 1. The first-order valence-corrected chi connectivity index (χ1v) is 6.00. The summed E-state index contributed by atoms with van der Waals surface area (Å²) in [6.45, 7) is 1.03. The minimum atomic E-state index is -0.0742. The lowest BCUT2D eigenvalue weighted by Gasteiger charge is -2.05. The molecule has 2 rings (SSSR count). The van der Waals surface area contributed by atoms with E-state index in [1.807, 2.05) is 6.07 Å². The maximum absolute atomic E-state index is 12.1. The van der Waals surface area contributed by atoms with Crippen LogP contribution in [0.15, 0.2) is 28.5 Å². The zero-order valence-electron chi connectivity index (χ0n) is 9.42. The third-order valence-electron chi connectivity index (χ3n) is 2.35. The Bertz CT molecular complexity index is 562. The van der Waals surface area contributed by atoms with Gasteiger partial charge in [0.2, 0.25) is 0 Å². The number of hydrogen-bond acceptors (Lipinski definition) is 5. The van der Waals surface area contributed by atoms with Gasteiger partial charge in [-0.25, -0.2) is 4.98 Å². The quantitative estimate of drug-likeness (QED) is 0.886. The van der Waals surface area contributed by atoms with Gasteiger partial charge >= 0.3 is 0 Å². The second kappa shape index (κ2) is 5.11. The summed E-state index contributed by atoms with van der Waals surface area (Å²) in [5, 5.41) is 2.25. The summed E-state index contributed by atoms with van der Waals surface area (Å²) in [4.78, 5) is 16.2. The SMILES string of the molecule is COCCn1cccc(-c2csc(N)n2)c1=O. The van der Waals surface area contributed by atoms with Gasteiger partial charge in [-0.3, -0.25) is 4.79 Å². The number of pyridine rings is 1. The lowest BCUT2D eigenvalue weighted by atomic mass is 10.2. The first-order valence-electron chi connectivity index (χ1n) is 5.12. The van der Waals surface area contributed by atoms with Crippen molar-refractivity contribution in [2.45, 2.75) is 6.54 Å². The molecule has 0 aliphatic rings. The van der Waals surface area contributed by atoms with Crippen LogP contribution < -0.4 is 11.3 Å². The maximum atomic E-state index is 12.1. The number of rotatable bonds is 4. The lowest BCUT2D eigenvalue weighted by molar-refractivity contribution is 0.186. The molecule has 17 heavy (non-hydrogen) atoms. The molecule has 0 spiro atoms. The van der Waals surface area contributed by atoms with Gasteiger partial charge in [-0.15, -0.1) is 11.3 Å². The Morgan fingerprint density at radius 3 is 3.06 bits per heavy atom. The molecule has 6 heteroatoms. The molecule has 0 radical (unpaired) electrons. The van der Waals surface area contributed by atoms with Crippen molar-refractivity contribution >= 4 is 16.5 Å². The van der Waals surface area contributed by atoms with E-state index in [9.17, 15) is 4.79 Å². The van der Waals surface area contributed by atoms with Gasteiger partial charge in [-0.1, -0.05) is 0 Å². The highest BCUT2D eigenvalue weighted by Gasteiger charge is 2.08. The third kappa shape index (κ3) is 2.54. The molecule has 0 atom stereocenters. The standard InChI is InChI=1S/C11H13N3O2S/c1-16-6-5-14-4-2-3-8(10(14)15)9-7-17-11(12)13-9/h2-4,7H,5-6H2,1H3,(H2,12,13). The Kier molecular flexibility index (Phi) is 3.55. The molecule has 5 nitrogen and oxygen atoms in total. The van der Waals surface area contributed by atoms with Gasteiger partial charge in [0.15, 0.2) is 5.13 Å². The highest BCUT2D eigenvalue weighted by Crippen LogP contribution is 2.19. The molecule has 2 N–H and O–H groups in total. The van der Waals surface area contributed by atoms with E-state index in [-0.39, 0.29) is 5.56 Å². The zero-order chi connectivity index (χ0) is 12.3. The molecule has 0 amide bonds. The van der Waals surface area contributed by atoms with Crippen molar-refractivity contribution in [2.24, 2.45) is 0 Å². The van der Waals surface area contributed by atoms with E-state index in [0.717, 1.165) is 0 Å². The predicted octanol–water partition coefficient (Wildman–Crippen LogP) is 1.20. The summed E-state index contributed by atoms with van der Waals surface area (Å²) in [5.41, 5.74) is 6.68. The van der Waals surface area contributed by atoms with Crippen molar-refractivity contribution < 1.29 is 4.74 Å². The number of aromatic nitrogens is 2. The average molecular weight is 251 g/mol. The molecule has 0 saturated heterocycles. The van der Waals surface area contributed by atoms with Crippen molar-refractivity contribution in [3.05, 3.63) is 34.1 Å². The monoisotopic (exact) mass is 251 g/mol. The maximum Gasteiger partial charge on any atom is 0.260 e. The molecule has 0 aliphatic carbocycles. The summed E-state index contributed by atoms with van der Waals surface area (Å²) in [5.74, 6) is 0. The Morgan fingerprint density at radius 1 is 1.59 bits per heavy atom. The topological polar surface area (TPSA) is 70.1 Å². The van der Waals surface area contributed by atoms with E-state index in [1.165, 1.54) is 11.3 Å². The molecular formula is C11H13N3O2S. The fourth-order valence-corrected chi connectivity index (χ4v) is 2.07. The van der Waals surface area contributed by atoms with Crippen molar-refractivity contribution in [1.29, 1.82) is 0 Å². The summed E-state index contributed by atoms with van der Waals surface area (Å²) >= 11 is 1.33. The van der Waals surface area contributed by atoms with Crippen LogP contribution in [0.5, 0.6) is 0 Å². The van der Waals surface area contributed by atoms with Crippen LogP contribution in [0.2, 0.25) is 0 Å². The van der Waals surface area contributed by atoms with Crippen LogP contribution in [0, 0.1) is 0 Å². The fraction of sp³-hybridized carbons (Fsp3) is 0.273. The average Bonchev–Trinajstić information content (AvgIpc) is 2.74. The van der Waals surface area contributed by atoms with E-state index >= 15 is 0 Å². The highest BCUT2D eigenvalue weighted by molar-refractivity contribution is 7.13. The predicted molar refractivity (Wildman–Crippen MR) is 68.1 cm³/mol. The molecule has 0 unspecified atom stereocenters. The van der Waals surface area contributed by atoms with E-state index in [1.54, 1.807) is 29.3 Å². The van der Waals surface area contributed by atoms with Crippen molar-refractivity contribution in [3.8, 4) is 11.3 Å². The van der Waals surface area contributed by atoms with Crippen molar-refractivity contribution in [3.63, 3.8) is 0 Å². The molecule has 0 bridgehead atoms. The summed E-state index contributed by atoms with van der Waals surface area (Å²) in [6.07, 6.45) is 1.74. The Labute approximate surface area is 102 Å². The molecule has 0 saturated carbocycles. The lowest BCUT2D eigenvalue weighted by Crippen LogP contribution is -2.22. The van der Waals surface area contributed by atoms with Crippen LogP contribution in [-0.2, 0) is 11.3 Å². The molecule has 2 heterocycles. The van der Waals surface area contributed by atoms with Crippen LogP contribution >= 0.6 is 11.3 Å². The summed E-state index contributed by atoms with van der Waals surface area (Å²) in [7, 11) is 1.61. The fourth-order valence-electron chi connectivity index (χ4n) is 1.51. The Morgan fingerprint density at radius 2 is 2.41 bits per heavy atom. The van der Waals surface area contributed by atoms with Crippen LogP contribution in [-0.4, -0.2) is 23.3 Å². The van der Waals surface area contributed by atoms with Crippen molar-refractivity contribution in [1.82, 2.24) is 9.55 Å². The van der Waals surface area contributed by atoms with Gasteiger partial charge in [-0.2, -0.15) is 0 Å². The second-order valence-electron chi connectivity index (χ2n) is 3.48. The van der Waals surface area contributed by atoms with Crippen LogP contribution in [0.25, 0.3) is 11.3 Å². The first kappa shape index (κ1) is 11.8. The third-order valence-corrected chi connectivity index (χ3v) is 3.03. The molecule has 0 fully saturated rings. The number of methoxy groups -OCH3 is 1. The number of nitrogens with two attached hydrogens (primary N) is 1. The van der Waals surface area contributed by atoms with E-state index in [2.05, 4.69) is 4.98 Å². The smallest absolute Gasteiger partial charge is 0.260 e. The van der Waals surface area contributed by atoms with Crippen LogP contribution in [0.4, 0.5) is 5.13 Å². The highest BCUT2D eigenvalue weighted by atomic mass is 32.1. The minimum Gasteiger partial charge on any atom is -0.383 e. The summed E-state index contributed by atoms with van der Waals surface area (Å²) < 4.78 is 6.56. The summed E-state index contributed by atoms with van der Waals surface area (Å²) in [6, 6.07) is 3.57. The Hall–Kier alpha value is -1.66. The van der Waals surface area contributed by atoms with Gasteiger partial charge in [-0.05, 0) is 12.1 Å². The molecule has 90 valence electrons. The van der Waals surface area contributed by atoms with Gasteiger partial charge in [0.05, 0.1) is 17.9 Å². The van der Waals surface area contributed by atoms with Gasteiger partial charge in [0.1, 0.15) is 0 Å². The van der Waals surface area contributed by atoms with Gasteiger partial charge in [0, 0.05) is 25.2 Å². The van der Waals surface area contributed by atoms with E-state index in [4.69, 9.17) is 10.5 Å². The molecule has 2 aromatic rings. The number of anilines is 1. The number of ether oxygens (including phenoxy) is 1. The molecule has 2 aromatic heterocycles. The van der Waals surface area contributed by atoms with Crippen molar-refractivity contribution in [2.75, 3.05) is 19.5 Å².